The summed E-state index contributed by atoms with van der Waals surface area (Å²) in [7, 11) is 1.25. The first-order valence-electron chi connectivity index (χ1n) is 7.32. The summed E-state index contributed by atoms with van der Waals surface area (Å²) in [6.45, 7) is 2.18. The molecule has 1 aliphatic carbocycles. The second-order valence-corrected chi connectivity index (χ2v) is 6.84. The molecule has 0 aliphatic heterocycles. The van der Waals surface area contributed by atoms with E-state index in [2.05, 4.69) is 12.2 Å². The van der Waals surface area contributed by atoms with Crippen LogP contribution in [-0.2, 0) is 19.1 Å². The number of carboxylic acids is 1. The largest absolute Gasteiger partial charge is 0.481 e. The molecule has 0 aromatic heterocycles. The van der Waals surface area contributed by atoms with Crippen LogP contribution in [0.15, 0.2) is 0 Å². The maximum Gasteiger partial charge on any atom is 0.329 e. The summed E-state index contributed by atoms with van der Waals surface area (Å²) < 4.78 is 4.69. The van der Waals surface area contributed by atoms with Gasteiger partial charge in [-0.3, -0.25) is 9.59 Å². The van der Waals surface area contributed by atoms with Gasteiger partial charge in [0, 0.05) is 11.0 Å². The molecule has 0 saturated heterocycles. The Morgan fingerprint density at radius 3 is 2.59 bits per heavy atom. The van der Waals surface area contributed by atoms with Crippen molar-refractivity contribution >= 4 is 29.6 Å². The fourth-order valence-electron chi connectivity index (χ4n) is 2.45. The molecular weight excluding hydrogens is 308 g/mol. The molecule has 0 spiro atoms. The molecule has 1 rings (SSSR count). The normalized spacial score (nSPS) is 23.6. The van der Waals surface area contributed by atoms with E-state index in [9.17, 15) is 14.4 Å². The van der Waals surface area contributed by atoms with Gasteiger partial charge in [-0.2, -0.15) is 11.8 Å². The number of amides is 1. The van der Waals surface area contributed by atoms with Crippen molar-refractivity contribution in [3.8, 4) is 0 Å². The summed E-state index contributed by atoms with van der Waals surface area (Å²) in [6, 6.07) is -1.99. The second kappa shape index (κ2) is 8.99. The zero-order chi connectivity index (χ0) is 16.7. The molecule has 22 heavy (non-hydrogen) atoms. The molecule has 2 unspecified atom stereocenters. The van der Waals surface area contributed by atoms with Crippen molar-refractivity contribution in [2.75, 3.05) is 12.9 Å². The molecule has 7 nitrogen and oxygen atoms in total. The van der Waals surface area contributed by atoms with Crippen LogP contribution in [0, 0.1) is 5.92 Å². The van der Waals surface area contributed by atoms with Gasteiger partial charge in [0.05, 0.1) is 19.6 Å². The van der Waals surface area contributed by atoms with Gasteiger partial charge in [-0.15, -0.1) is 0 Å². The van der Waals surface area contributed by atoms with Gasteiger partial charge in [-0.25, -0.2) is 4.79 Å². The molecule has 8 heteroatoms. The van der Waals surface area contributed by atoms with Crippen LogP contribution in [0.25, 0.3) is 0 Å². The van der Waals surface area contributed by atoms with Gasteiger partial charge in [0.25, 0.3) is 0 Å². The third kappa shape index (κ3) is 5.84. The Kier molecular flexibility index (Phi) is 7.67. The molecule has 1 aliphatic rings. The zero-order valence-corrected chi connectivity index (χ0v) is 13.7. The first kappa shape index (κ1) is 18.8. The van der Waals surface area contributed by atoms with E-state index in [-0.39, 0.29) is 0 Å². The van der Waals surface area contributed by atoms with Gasteiger partial charge in [-0.05, 0) is 18.8 Å². The molecule has 0 aromatic carbocycles. The van der Waals surface area contributed by atoms with Crippen LogP contribution in [0.5, 0.6) is 0 Å². The smallest absolute Gasteiger partial charge is 0.329 e. The predicted octanol–water partition coefficient (Wildman–Crippen LogP) is 0.368. The fourth-order valence-corrected chi connectivity index (χ4v) is 3.91. The number of methoxy groups -OCH3 is 1. The fraction of sp³-hybridized carbons (Fsp3) is 0.786. The molecular formula is C14H24N2O5S. The number of esters is 1. The Labute approximate surface area is 134 Å². The van der Waals surface area contributed by atoms with Gasteiger partial charge < -0.3 is 20.9 Å². The van der Waals surface area contributed by atoms with Crippen molar-refractivity contribution < 1.29 is 24.2 Å². The van der Waals surface area contributed by atoms with Crippen LogP contribution in [0.2, 0.25) is 0 Å². The van der Waals surface area contributed by atoms with E-state index in [0.717, 1.165) is 6.42 Å². The van der Waals surface area contributed by atoms with Crippen molar-refractivity contribution in [3.63, 3.8) is 0 Å². The molecule has 1 fully saturated rings. The van der Waals surface area contributed by atoms with E-state index >= 15 is 0 Å². The van der Waals surface area contributed by atoms with Gasteiger partial charge in [0.1, 0.15) is 6.04 Å². The van der Waals surface area contributed by atoms with Crippen LogP contribution >= 0.6 is 11.8 Å². The highest BCUT2D eigenvalue weighted by molar-refractivity contribution is 8.00. The van der Waals surface area contributed by atoms with Gasteiger partial charge >= 0.3 is 11.9 Å². The Morgan fingerprint density at radius 1 is 1.41 bits per heavy atom. The first-order chi connectivity index (χ1) is 10.3. The Hall–Kier alpha value is -1.28. The van der Waals surface area contributed by atoms with E-state index in [1.165, 1.54) is 20.0 Å². The monoisotopic (exact) mass is 332 g/mol. The number of nitrogens with one attached hydrogen (secondary N) is 1. The molecule has 0 radical (unpaired) electrons. The van der Waals surface area contributed by atoms with E-state index in [1.54, 1.807) is 11.8 Å². The number of carboxylic acid groups (broad SMARTS) is 1. The lowest BCUT2D eigenvalue weighted by atomic mass is 10.1. The summed E-state index contributed by atoms with van der Waals surface area (Å²) in [5.74, 6) is -1.38. The van der Waals surface area contributed by atoms with Crippen LogP contribution in [-0.4, -0.2) is 53.1 Å². The van der Waals surface area contributed by atoms with Crippen LogP contribution < -0.4 is 11.1 Å². The topological polar surface area (TPSA) is 119 Å². The summed E-state index contributed by atoms with van der Waals surface area (Å²) >= 11 is 1.64. The lowest BCUT2D eigenvalue weighted by molar-refractivity contribution is -0.144. The summed E-state index contributed by atoms with van der Waals surface area (Å²) in [5.41, 5.74) is 5.50. The predicted molar refractivity (Wildman–Crippen MR) is 83.4 cm³/mol. The quantitative estimate of drug-likeness (QED) is 0.549. The number of ether oxygens (including phenoxy) is 1. The lowest BCUT2D eigenvalue weighted by Crippen LogP contribution is -2.50. The minimum atomic E-state index is -1.18. The van der Waals surface area contributed by atoms with Gasteiger partial charge in [0.2, 0.25) is 5.91 Å². The molecule has 1 amide bonds. The third-order valence-electron chi connectivity index (χ3n) is 3.79. The van der Waals surface area contributed by atoms with Crippen molar-refractivity contribution in [1.82, 2.24) is 5.32 Å². The van der Waals surface area contributed by atoms with Crippen LogP contribution in [0.3, 0.4) is 0 Å². The summed E-state index contributed by atoms with van der Waals surface area (Å²) in [5, 5.41) is 11.6. The summed E-state index contributed by atoms with van der Waals surface area (Å²) in [4.78, 5) is 34.2. The minimum Gasteiger partial charge on any atom is -0.481 e. The van der Waals surface area contributed by atoms with E-state index < -0.39 is 36.4 Å². The number of thioether (sulfide) groups is 1. The Bertz CT molecular complexity index is 418. The highest BCUT2D eigenvalue weighted by atomic mass is 32.2. The number of hydrogen-bond donors (Lipinski definition) is 3. The molecule has 126 valence electrons. The lowest BCUT2D eigenvalue weighted by Gasteiger charge is -2.21. The average molecular weight is 332 g/mol. The number of aliphatic carboxylic acids is 1. The number of nitrogens with two attached hydrogens (primary N) is 1. The maximum atomic E-state index is 11.9. The second-order valence-electron chi connectivity index (χ2n) is 5.57. The summed E-state index contributed by atoms with van der Waals surface area (Å²) in [6.07, 6.45) is 2.98. The van der Waals surface area contributed by atoms with E-state index in [1.807, 2.05) is 0 Å². The zero-order valence-electron chi connectivity index (χ0n) is 12.9. The Balaban J connectivity index is 2.54. The highest BCUT2D eigenvalue weighted by Gasteiger charge is 2.29. The SMILES string of the molecule is COC(=O)[C@H](CSC1CCCC1C)NC(=O)[C@@H](N)CC(=O)O. The highest BCUT2D eigenvalue weighted by Crippen LogP contribution is 2.34. The van der Waals surface area contributed by atoms with Crippen molar-refractivity contribution in [1.29, 1.82) is 0 Å². The molecule has 4 N–H and O–H groups in total. The van der Waals surface area contributed by atoms with Crippen molar-refractivity contribution in [2.45, 2.75) is 49.9 Å². The number of rotatable bonds is 8. The third-order valence-corrected chi connectivity index (χ3v) is 5.45. The molecule has 0 aromatic rings. The Morgan fingerprint density at radius 2 is 2.09 bits per heavy atom. The van der Waals surface area contributed by atoms with E-state index in [0.29, 0.717) is 16.9 Å². The van der Waals surface area contributed by atoms with E-state index in [4.69, 9.17) is 15.6 Å². The molecule has 0 bridgehead atoms. The standard InChI is InChI=1S/C14H24N2O5S/c1-8-4-3-5-11(8)22-7-10(14(20)21-2)16-13(19)9(15)6-12(17)18/h8-11H,3-7,15H2,1-2H3,(H,16,19)(H,17,18)/t8?,9-,10-,11?/m0/s1. The molecule has 1 saturated carbocycles. The number of carbonyl (C=O) groups excluding carboxylic acids is 2. The molecule has 0 heterocycles. The number of hydrogen-bond acceptors (Lipinski definition) is 6. The van der Waals surface area contributed by atoms with Crippen molar-refractivity contribution in [2.24, 2.45) is 11.7 Å². The van der Waals surface area contributed by atoms with Crippen LogP contribution in [0.1, 0.15) is 32.6 Å². The van der Waals surface area contributed by atoms with Gasteiger partial charge in [-0.1, -0.05) is 13.3 Å². The first-order valence-corrected chi connectivity index (χ1v) is 8.37. The maximum absolute atomic E-state index is 11.9. The van der Waals surface area contributed by atoms with Crippen LogP contribution in [0.4, 0.5) is 0 Å². The minimum absolute atomic E-state index is 0.396. The average Bonchev–Trinajstić information content (AvgIpc) is 2.86. The number of carbonyl (C=O) groups is 3. The van der Waals surface area contributed by atoms with Crippen molar-refractivity contribution in [3.05, 3.63) is 0 Å². The molecule has 4 atom stereocenters. The van der Waals surface area contributed by atoms with Gasteiger partial charge in [0.15, 0.2) is 0 Å².